The number of carbonyl (C=O) groups is 2. The summed E-state index contributed by atoms with van der Waals surface area (Å²) in [5.74, 6) is 0.322. The number of carbonyl (C=O) groups excluding carboxylic acids is 1. The Morgan fingerprint density at radius 3 is 2.43 bits per heavy atom. The minimum absolute atomic E-state index is 0.200. The van der Waals surface area contributed by atoms with E-state index in [1.807, 2.05) is 18.2 Å². The summed E-state index contributed by atoms with van der Waals surface area (Å²) in [4.78, 5) is 28.6. The van der Waals surface area contributed by atoms with Crippen molar-refractivity contribution in [1.82, 2.24) is 9.99 Å². The molecular weight excluding hydrogens is 474 g/mol. The van der Waals surface area contributed by atoms with Crippen molar-refractivity contribution in [2.45, 2.75) is 25.3 Å². The van der Waals surface area contributed by atoms with Crippen LogP contribution < -0.4 is 14.2 Å². The maximum Gasteiger partial charge on any atom is 0.303 e. The monoisotopic (exact) mass is 497 g/mol. The van der Waals surface area contributed by atoms with Crippen LogP contribution in [0.3, 0.4) is 0 Å². The van der Waals surface area contributed by atoms with Crippen LogP contribution in [0.15, 0.2) is 47.6 Å². The molecule has 35 heavy (non-hydrogen) atoms. The molecule has 1 atom stereocenters. The molecular formula is C25H24ClN3O6. The minimum atomic E-state index is -1.06. The molecule has 0 aliphatic carbocycles. The summed E-state index contributed by atoms with van der Waals surface area (Å²) in [6, 6.07) is 12.0. The maximum absolute atomic E-state index is 13.1. The predicted octanol–water partition coefficient (Wildman–Crippen LogP) is 4.46. The van der Waals surface area contributed by atoms with E-state index in [0.717, 1.165) is 5.39 Å². The number of benzene rings is 2. The number of rotatable bonds is 8. The van der Waals surface area contributed by atoms with E-state index in [1.54, 1.807) is 45.6 Å². The molecule has 0 saturated heterocycles. The van der Waals surface area contributed by atoms with Crippen LogP contribution in [0.4, 0.5) is 0 Å². The van der Waals surface area contributed by atoms with Gasteiger partial charge in [0.1, 0.15) is 22.4 Å². The molecule has 3 aromatic rings. The topological polar surface area (TPSA) is 111 Å². The number of aliphatic carboxylic acids is 1. The zero-order chi connectivity index (χ0) is 25.1. The second-order valence-corrected chi connectivity index (χ2v) is 8.25. The minimum Gasteiger partial charge on any atom is -0.497 e. The Balaban J connectivity index is 1.78. The first kappa shape index (κ1) is 24.3. The third-order valence-corrected chi connectivity index (χ3v) is 6.10. The first-order chi connectivity index (χ1) is 16.8. The predicted molar refractivity (Wildman–Crippen MR) is 130 cm³/mol. The van der Waals surface area contributed by atoms with Gasteiger partial charge in [0, 0.05) is 35.4 Å². The number of hydrogen-bond donors (Lipinski definition) is 1. The standard InChI is InChI=1S/C25H24ClN3O6/c1-33-15-5-7-19-14(10-15)11-18(25(26)27-19)21-13-20(28-29(21)23(30)8-9-24(31)32)17-6-4-16(34-2)12-22(17)35-3/h4-7,10-12,21H,8-9,13H2,1-3H3,(H,31,32)/t21-/m1/s1. The van der Waals surface area contributed by atoms with E-state index in [0.29, 0.717) is 46.0 Å². The number of ether oxygens (including phenoxy) is 3. The van der Waals surface area contributed by atoms with Crippen molar-refractivity contribution in [1.29, 1.82) is 0 Å². The second kappa shape index (κ2) is 10.2. The third kappa shape index (κ3) is 5.00. The molecule has 1 N–H and O–H groups in total. The van der Waals surface area contributed by atoms with E-state index in [2.05, 4.69) is 10.1 Å². The normalized spacial score (nSPS) is 15.1. The number of pyridine rings is 1. The van der Waals surface area contributed by atoms with Crippen molar-refractivity contribution in [2.75, 3.05) is 21.3 Å². The van der Waals surface area contributed by atoms with Gasteiger partial charge in [-0.1, -0.05) is 11.6 Å². The van der Waals surface area contributed by atoms with Crippen molar-refractivity contribution in [3.63, 3.8) is 0 Å². The molecule has 2 heterocycles. The number of nitrogens with zero attached hydrogens (tertiary/aromatic N) is 3. The summed E-state index contributed by atoms with van der Waals surface area (Å²) in [6.45, 7) is 0. The van der Waals surface area contributed by atoms with Gasteiger partial charge in [0.15, 0.2) is 0 Å². The van der Waals surface area contributed by atoms with Gasteiger partial charge in [-0.3, -0.25) is 9.59 Å². The lowest BCUT2D eigenvalue weighted by Gasteiger charge is -2.23. The van der Waals surface area contributed by atoms with Crippen molar-refractivity contribution in [3.05, 3.63) is 58.7 Å². The van der Waals surface area contributed by atoms with Gasteiger partial charge in [-0.25, -0.2) is 9.99 Å². The highest BCUT2D eigenvalue weighted by atomic mass is 35.5. The molecule has 2 aromatic carbocycles. The number of fused-ring (bicyclic) bond motifs is 1. The lowest BCUT2D eigenvalue weighted by Crippen LogP contribution is -2.27. The van der Waals surface area contributed by atoms with Crippen molar-refractivity contribution >= 4 is 40.1 Å². The van der Waals surface area contributed by atoms with Gasteiger partial charge >= 0.3 is 5.97 Å². The lowest BCUT2D eigenvalue weighted by molar-refractivity contribution is -0.141. The fourth-order valence-electron chi connectivity index (χ4n) is 4.02. The Hall–Kier alpha value is -3.85. The number of amides is 1. The Morgan fingerprint density at radius 2 is 1.74 bits per heavy atom. The largest absolute Gasteiger partial charge is 0.497 e. The Kier molecular flexibility index (Phi) is 7.07. The molecule has 1 aliphatic heterocycles. The van der Waals surface area contributed by atoms with Crippen LogP contribution in [-0.2, 0) is 9.59 Å². The van der Waals surface area contributed by atoms with Gasteiger partial charge in [0.2, 0.25) is 5.91 Å². The van der Waals surface area contributed by atoms with Crippen LogP contribution in [0.25, 0.3) is 10.9 Å². The molecule has 0 fully saturated rings. The van der Waals surface area contributed by atoms with Gasteiger partial charge in [0.25, 0.3) is 0 Å². The van der Waals surface area contributed by atoms with Gasteiger partial charge in [0.05, 0.1) is 45.0 Å². The van der Waals surface area contributed by atoms with Crippen LogP contribution in [0.2, 0.25) is 5.15 Å². The van der Waals surface area contributed by atoms with Gasteiger partial charge in [-0.15, -0.1) is 0 Å². The summed E-state index contributed by atoms with van der Waals surface area (Å²) in [5, 5.41) is 16.0. The number of methoxy groups -OCH3 is 3. The highest BCUT2D eigenvalue weighted by Crippen LogP contribution is 2.39. The summed E-state index contributed by atoms with van der Waals surface area (Å²) in [6.07, 6.45) is -0.174. The van der Waals surface area contributed by atoms with Crippen molar-refractivity contribution < 1.29 is 28.9 Å². The molecule has 1 aromatic heterocycles. The molecule has 0 saturated carbocycles. The number of aromatic nitrogens is 1. The quantitative estimate of drug-likeness (QED) is 0.457. The van der Waals surface area contributed by atoms with E-state index >= 15 is 0 Å². The molecule has 4 rings (SSSR count). The molecule has 0 bridgehead atoms. The van der Waals surface area contributed by atoms with Crippen LogP contribution in [0.5, 0.6) is 17.2 Å². The SMILES string of the molecule is COc1ccc(C2=NN(C(=O)CCC(=O)O)[C@@H](c3cc4cc(OC)ccc4nc3Cl)C2)c(OC)c1. The van der Waals surface area contributed by atoms with Gasteiger partial charge < -0.3 is 19.3 Å². The molecule has 0 unspecified atom stereocenters. The Bertz CT molecular complexity index is 1330. The summed E-state index contributed by atoms with van der Waals surface area (Å²) in [7, 11) is 4.68. The molecule has 9 nitrogen and oxygen atoms in total. The average molecular weight is 498 g/mol. The Morgan fingerprint density at radius 1 is 1.03 bits per heavy atom. The van der Waals surface area contributed by atoms with E-state index in [-0.39, 0.29) is 18.0 Å². The van der Waals surface area contributed by atoms with E-state index in [1.165, 1.54) is 5.01 Å². The zero-order valence-electron chi connectivity index (χ0n) is 19.4. The fraction of sp³-hybridized carbons (Fsp3) is 0.280. The maximum atomic E-state index is 13.1. The zero-order valence-corrected chi connectivity index (χ0v) is 20.2. The van der Waals surface area contributed by atoms with Crippen LogP contribution in [0, 0.1) is 0 Å². The molecule has 1 amide bonds. The fourth-order valence-corrected chi connectivity index (χ4v) is 4.29. The Labute approximate surface area is 206 Å². The first-order valence-corrected chi connectivity index (χ1v) is 11.2. The number of hydrazone groups is 1. The van der Waals surface area contributed by atoms with Crippen LogP contribution >= 0.6 is 11.6 Å². The van der Waals surface area contributed by atoms with Gasteiger partial charge in [-0.05, 0) is 36.4 Å². The highest BCUT2D eigenvalue weighted by molar-refractivity contribution is 6.30. The van der Waals surface area contributed by atoms with Gasteiger partial charge in [-0.2, -0.15) is 5.10 Å². The van der Waals surface area contributed by atoms with E-state index < -0.39 is 17.9 Å². The van der Waals surface area contributed by atoms with Crippen molar-refractivity contribution in [2.24, 2.45) is 5.10 Å². The molecule has 0 radical (unpaired) electrons. The first-order valence-electron chi connectivity index (χ1n) is 10.8. The molecule has 1 aliphatic rings. The number of halogens is 1. The van der Waals surface area contributed by atoms with Crippen LogP contribution in [-0.4, -0.2) is 54.0 Å². The van der Waals surface area contributed by atoms with Crippen molar-refractivity contribution in [3.8, 4) is 17.2 Å². The lowest BCUT2D eigenvalue weighted by atomic mass is 9.97. The van der Waals surface area contributed by atoms with E-state index in [9.17, 15) is 9.59 Å². The molecule has 182 valence electrons. The van der Waals surface area contributed by atoms with E-state index in [4.69, 9.17) is 30.9 Å². The molecule has 0 spiro atoms. The smallest absolute Gasteiger partial charge is 0.303 e. The third-order valence-electron chi connectivity index (χ3n) is 5.80. The summed E-state index contributed by atoms with van der Waals surface area (Å²) < 4.78 is 16.1. The summed E-state index contributed by atoms with van der Waals surface area (Å²) >= 11 is 6.58. The number of carboxylic acids is 1. The average Bonchev–Trinajstić information content (AvgIpc) is 3.31. The number of carboxylic acid groups (broad SMARTS) is 1. The van der Waals surface area contributed by atoms with Crippen LogP contribution in [0.1, 0.15) is 36.4 Å². The second-order valence-electron chi connectivity index (χ2n) is 7.89. The molecule has 10 heteroatoms. The summed E-state index contributed by atoms with van der Waals surface area (Å²) in [5.41, 5.74) is 2.57. The highest BCUT2D eigenvalue weighted by Gasteiger charge is 2.35. The number of hydrogen-bond acceptors (Lipinski definition) is 7.